The maximum atomic E-state index is 5.78. The Bertz CT molecular complexity index is 988. The molecule has 0 aromatic heterocycles. The summed E-state index contributed by atoms with van der Waals surface area (Å²) in [6, 6.07) is 21.5. The van der Waals surface area contributed by atoms with Gasteiger partial charge in [0.2, 0.25) is 0 Å². The Morgan fingerprint density at radius 2 is 1.26 bits per heavy atom. The molecule has 0 bridgehead atoms. The molecule has 0 aliphatic heterocycles. The number of hydrogen-bond acceptors (Lipinski definition) is 1. The molecule has 0 atom stereocenters. The quantitative estimate of drug-likeness (QED) is 0.227. The van der Waals surface area contributed by atoms with E-state index in [0.29, 0.717) is 0 Å². The summed E-state index contributed by atoms with van der Waals surface area (Å²) in [7, 11) is 0. The van der Waals surface area contributed by atoms with Crippen molar-refractivity contribution in [1.29, 1.82) is 0 Å². The fourth-order valence-corrected chi connectivity index (χ4v) is 3.78. The second-order valence-electron chi connectivity index (χ2n) is 8.39. The molecule has 1 heteroatoms. The Labute approximate surface area is 188 Å². The highest BCUT2D eigenvalue weighted by atomic mass is 16.5. The first-order valence-electron chi connectivity index (χ1n) is 12.1. The Kier molecular flexibility index (Phi) is 9.52. The number of aryl methyl sites for hydroxylation is 1. The first kappa shape index (κ1) is 23.0. The van der Waals surface area contributed by atoms with E-state index in [1.807, 2.05) is 24.3 Å². The summed E-state index contributed by atoms with van der Waals surface area (Å²) in [5.74, 6) is 7.51. The van der Waals surface area contributed by atoms with Gasteiger partial charge in [0.05, 0.1) is 6.61 Å². The molecule has 0 spiro atoms. The van der Waals surface area contributed by atoms with Crippen molar-refractivity contribution in [3.8, 4) is 17.6 Å². The zero-order valence-electron chi connectivity index (χ0n) is 19.3. The van der Waals surface area contributed by atoms with E-state index >= 15 is 0 Å². The molecule has 3 rings (SSSR count). The lowest BCUT2D eigenvalue weighted by molar-refractivity contribution is 0.306. The van der Waals surface area contributed by atoms with Crippen LogP contribution in [0.2, 0.25) is 0 Å². The lowest BCUT2D eigenvalue weighted by Crippen LogP contribution is -1.96. The van der Waals surface area contributed by atoms with Gasteiger partial charge in [-0.2, -0.15) is 0 Å². The van der Waals surface area contributed by atoms with Crippen LogP contribution < -0.4 is 4.74 Å². The number of rotatable bonds is 11. The van der Waals surface area contributed by atoms with Crippen molar-refractivity contribution in [3.05, 3.63) is 77.4 Å². The van der Waals surface area contributed by atoms with Crippen molar-refractivity contribution >= 4 is 10.8 Å². The summed E-state index contributed by atoms with van der Waals surface area (Å²) >= 11 is 0. The minimum absolute atomic E-state index is 0.788. The molecular formula is C30H36O. The van der Waals surface area contributed by atoms with Gasteiger partial charge in [0, 0.05) is 11.1 Å². The van der Waals surface area contributed by atoms with Crippen LogP contribution in [0.1, 0.15) is 81.9 Å². The predicted molar refractivity (Wildman–Crippen MR) is 134 cm³/mol. The van der Waals surface area contributed by atoms with Gasteiger partial charge in [-0.25, -0.2) is 0 Å². The topological polar surface area (TPSA) is 9.23 Å². The first-order chi connectivity index (χ1) is 15.3. The maximum absolute atomic E-state index is 5.78. The molecule has 0 aliphatic carbocycles. The number of ether oxygens (including phenoxy) is 1. The molecule has 0 saturated carbocycles. The van der Waals surface area contributed by atoms with Crippen LogP contribution in [0.15, 0.2) is 60.7 Å². The molecule has 3 aromatic rings. The smallest absolute Gasteiger partial charge is 0.119 e. The molecule has 31 heavy (non-hydrogen) atoms. The average Bonchev–Trinajstić information content (AvgIpc) is 2.81. The molecular weight excluding hydrogens is 376 g/mol. The van der Waals surface area contributed by atoms with Crippen LogP contribution in [-0.4, -0.2) is 6.61 Å². The number of fused-ring (bicyclic) bond motifs is 1. The van der Waals surface area contributed by atoms with Crippen LogP contribution in [0.3, 0.4) is 0 Å². The summed E-state index contributed by atoms with van der Waals surface area (Å²) in [6.07, 6.45) is 11.4. The second-order valence-corrected chi connectivity index (χ2v) is 8.39. The summed E-state index contributed by atoms with van der Waals surface area (Å²) < 4.78 is 5.78. The average molecular weight is 413 g/mol. The molecule has 0 radical (unpaired) electrons. The Morgan fingerprint density at radius 3 is 2.06 bits per heavy atom. The highest BCUT2D eigenvalue weighted by Crippen LogP contribution is 2.20. The molecule has 0 heterocycles. The summed E-state index contributed by atoms with van der Waals surface area (Å²) in [6.45, 7) is 5.26. The van der Waals surface area contributed by atoms with E-state index in [1.54, 1.807) is 0 Å². The van der Waals surface area contributed by atoms with Crippen molar-refractivity contribution in [3.63, 3.8) is 0 Å². The van der Waals surface area contributed by atoms with Gasteiger partial charge >= 0.3 is 0 Å². The van der Waals surface area contributed by atoms with Crippen molar-refractivity contribution in [1.82, 2.24) is 0 Å². The van der Waals surface area contributed by atoms with Crippen molar-refractivity contribution in [2.24, 2.45) is 0 Å². The van der Waals surface area contributed by atoms with Crippen LogP contribution in [-0.2, 0) is 6.42 Å². The van der Waals surface area contributed by atoms with E-state index in [9.17, 15) is 0 Å². The van der Waals surface area contributed by atoms with Crippen molar-refractivity contribution < 1.29 is 4.74 Å². The van der Waals surface area contributed by atoms with Crippen LogP contribution in [0.25, 0.3) is 10.8 Å². The van der Waals surface area contributed by atoms with Crippen LogP contribution in [0, 0.1) is 11.8 Å². The fourth-order valence-electron chi connectivity index (χ4n) is 3.78. The Balaban J connectivity index is 1.57. The molecule has 162 valence electrons. The minimum atomic E-state index is 0.788. The number of unbranched alkanes of at least 4 members (excludes halogenated alkanes) is 6. The third-order valence-corrected chi connectivity index (χ3v) is 5.70. The van der Waals surface area contributed by atoms with E-state index in [4.69, 9.17) is 4.74 Å². The van der Waals surface area contributed by atoms with E-state index in [0.717, 1.165) is 29.9 Å². The molecule has 0 saturated heterocycles. The molecule has 1 nitrogen and oxygen atoms in total. The summed E-state index contributed by atoms with van der Waals surface area (Å²) in [5.41, 5.74) is 3.51. The van der Waals surface area contributed by atoms with E-state index in [2.05, 4.69) is 62.1 Å². The zero-order valence-corrected chi connectivity index (χ0v) is 19.3. The molecule has 0 fully saturated rings. The lowest BCUT2D eigenvalue weighted by atomic mass is 10.0. The van der Waals surface area contributed by atoms with E-state index < -0.39 is 0 Å². The largest absolute Gasteiger partial charge is 0.494 e. The van der Waals surface area contributed by atoms with Gasteiger partial charge in [-0.1, -0.05) is 88.5 Å². The number of benzene rings is 3. The van der Waals surface area contributed by atoms with Crippen LogP contribution in [0.5, 0.6) is 5.75 Å². The third kappa shape index (κ3) is 7.80. The predicted octanol–water partition coefficient (Wildman–Crippen LogP) is 8.32. The standard InChI is InChI=1S/C30H36O/c1-3-5-7-8-9-11-26-14-18-29-24-27(15-19-28(29)23-26)13-12-25-16-20-30(21-17-25)31-22-10-6-4-2/h14-21,23-24H,3-11,22H2,1-2H3. The minimum Gasteiger partial charge on any atom is -0.494 e. The van der Waals surface area contributed by atoms with Gasteiger partial charge in [0.15, 0.2) is 0 Å². The van der Waals surface area contributed by atoms with E-state index in [-0.39, 0.29) is 0 Å². The Morgan fingerprint density at radius 1 is 0.613 bits per heavy atom. The highest BCUT2D eigenvalue weighted by Gasteiger charge is 1.99. The first-order valence-corrected chi connectivity index (χ1v) is 12.1. The zero-order chi connectivity index (χ0) is 21.7. The molecule has 3 aromatic carbocycles. The number of hydrogen-bond donors (Lipinski definition) is 0. The third-order valence-electron chi connectivity index (χ3n) is 5.70. The van der Waals surface area contributed by atoms with E-state index in [1.165, 1.54) is 67.7 Å². The molecule has 0 amide bonds. The fraction of sp³-hybridized carbons (Fsp3) is 0.400. The lowest BCUT2D eigenvalue weighted by Gasteiger charge is -2.05. The van der Waals surface area contributed by atoms with Gasteiger partial charge in [-0.15, -0.1) is 0 Å². The molecule has 0 aliphatic rings. The molecule has 0 unspecified atom stereocenters. The van der Waals surface area contributed by atoms with Crippen molar-refractivity contribution in [2.45, 2.75) is 71.6 Å². The van der Waals surface area contributed by atoms with Crippen LogP contribution >= 0.6 is 0 Å². The van der Waals surface area contributed by atoms with Gasteiger partial charge < -0.3 is 4.74 Å². The van der Waals surface area contributed by atoms with Gasteiger partial charge in [0.25, 0.3) is 0 Å². The summed E-state index contributed by atoms with van der Waals surface area (Å²) in [4.78, 5) is 0. The molecule has 0 N–H and O–H groups in total. The SMILES string of the molecule is CCCCCCCc1ccc2cc(C#Cc3ccc(OCCCCC)cc3)ccc2c1. The van der Waals surface area contributed by atoms with Crippen molar-refractivity contribution in [2.75, 3.05) is 6.61 Å². The summed E-state index contributed by atoms with van der Waals surface area (Å²) in [5, 5.41) is 2.57. The van der Waals surface area contributed by atoms with Crippen LogP contribution in [0.4, 0.5) is 0 Å². The monoisotopic (exact) mass is 412 g/mol. The normalized spacial score (nSPS) is 10.6. The van der Waals surface area contributed by atoms with Gasteiger partial charge in [0.1, 0.15) is 5.75 Å². The van der Waals surface area contributed by atoms with Gasteiger partial charge in [-0.05, 0) is 72.0 Å². The Hall–Kier alpha value is -2.72. The van der Waals surface area contributed by atoms with Gasteiger partial charge in [-0.3, -0.25) is 0 Å². The second kappa shape index (κ2) is 12.9. The highest BCUT2D eigenvalue weighted by molar-refractivity contribution is 5.84. The maximum Gasteiger partial charge on any atom is 0.119 e.